The van der Waals surface area contributed by atoms with E-state index in [-0.39, 0.29) is 23.7 Å². The number of aromatic nitrogens is 1. The van der Waals surface area contributed by atoms with Gasteiger partial charge in [0, 0.05) is 17.8 Å². The van der Waals surface area contributed by atoms with Crippen LogP contribution >= 0.6 is 11.3 Å². The molecular formula is C18H12N3O3S-. The fourth-order valence-electron chi connectivity index (χ4n) is 2.77. The van der Waals surface area contributed by atoms with Gasteiger partial charge in [0.1, 0.15) is 10.8 Å². The lowest BCUT2D eigenvalue weighted by atomic mass is 10.2. The molecule has 1 aliphatic rings. The van der Waals surface area contributed by atoms with Gasteiger partial charge in [-0.2, -0.15) is 0 Å². The molecule has 0 amide bonds. The van der Waals surface area contributed by atoms with Crippen molar-refractivity contribution in [3.63, 3.8) is 0 Å². The van der Waals surface area contributed by atoms with Crippen LogP contribution in [0, 0.1) is 5.41 Å². The molecular weight excluding hydrogens is 338 g/mol. The van der Waals surface area contributed by atoms with Crippen molar-refractivity contribution < 1.29 is 15.0 Å². The van der Waals surface area contributed by atoms with Gasteiger partial charge < -0.3 is 15.1 Å². The van der Waals surface area contributed by atoms with E-state index in [2.05, 4.69) is 4.98 Å². The minimum Gasteiger partial charge on any atom is -0.874 e. The van der Waals surface area contributed by atoms with Gasteiger partial charge in [0.2, 0.25) is 0 Å². The Balaban J connectivity index is 1.68. The Kier molecular flexibility index (Phi) is 3.51. The number of carbonyl (C=O) groups is 1. The summed E-state index contributed by atoms with van der Waals surface area (Å²) in [6.07, 6.45) is 0. The Morgan fingerprint density at radius 2 is 1.92 bits per heavy atom. The van der Waals surface area contributed by atoms with Crippen molar-refractivity contribution in [3.8, 4) is 0 Å². The Bertz CT molecular complexity index is 1000. The van der Waals surface area contributed by atoms with Crippen molar-refractivity contribution in [3.05, 3.63) is 64.9 Å². The van der Waals surface area contributed by atoms with Gasteiger partial charge in [-0.3, -0.25) is 5.41 Å². The number of carboxylic acids is 1. The number of benzene rings is 2. The number of nitrogens with one attached hydrogen (secondary N) is 1. The Morgan fingerprint density at radius 1 is 1.20 bits per heavy atom. The molecule has 0 radical (unpaired) electrons. The van der Waals surface area contributed by atoms with E-state index in [1.165, 1.54) is 23.5 Å². The molecule has 7 heteroatoms. The van der Waals surface area contributed by atoms with Crippen molar-refractivity contribution >= 4 is 44.6 Å². The first kappa shape index (κ1) is 15.3. The van der Waals surface area contributed by atoms with E-state index in [4.69, 9.17) is 10.5 Å². The summed E-state index contributed by atoms with van der Waals surface area (Å²) in [5.41, 5.74) is 1.89. The zero-order chi connectivity index (χ0) is 17.6. The van der Waals surface area contributed by atoms with Crippen LogP contribution in [0.4, 0.5) is 5.69 Å². The normalized spacial score (nSPS) is 14.6. The maximum atomic E-state index is 12.5. The highest BCUT2D eigenvalue weighted by Crippen LogP contribution is 2.34. The number of amidine groups is 1. The molecule has 0 aliphatic carbocycles. The van der Waals surface area contributed by atoms with Crippen LogP contribution in [0.15, 0.2) is 54.3 Å². The lowest BCUT2D eigenvalue weighted by molar-refractivity contribution is -0.300. The second-order valence-electron chi connectivity index (χ2n) is 5.57. The number of para-hydroxylation sites is 1. The third-order valence-corrected chi connectivity index (χ3v) is 5.07. The zero-order valence-corrected chi connectivity index (χ0v) is 13.7. The molecule has 0 fully saturated rings. The lowest BCUT2D eigenvalue weighted by Gasteiger charge is -2.20. The smallest absolute Gasteiger partial charge is 0.335 e. The van der Waals surface area contributed by atoms with Crippen molar-refractivity contribution in [2.45, 2.75) is 0 Å². The van der Waals surface area contributed by atoms with E-state index in [9.17, 15) is 9.90 Å². The van der Waals surface area contributed by atoms with Gasteiger partial charge in [-0.05, 0) is 36.4 Å². The molecule has 0 bridgehead atoms. The number of nitrogens with zero attached hydrogens (tertiary/aromatic N) is 2. The van der Waals surface area contributed by atoms with E-state index in [0.717, 1.165) is 10.2 Å². The summed E-state index contributed by atoms with van der Waals surface area (Å²) in [7, 11) is 0. The third kappa shape index (κ3) is 2.54. The summed E-state index contributed by atoms with van der Waals surface area (Å²) in [6, 6.07) is 13.7. The average molecular weight is 350 g/mol. The Hall–Kier alpha value is -3.19. The molecule has 0 saturated heterocycles. The number of aromatic carboxylic acids is 1. The fraction of sp³-hybridized carbons (Fsp3) is 0.0556. The zero-order valence-electron chi connectivity index (χ0n) is 12.9. The third-order valence-electron chi connectivity index (χ3n) is 4.02. The minimum absolute atomic E-state index is 0.0521. The van der Waals surface area contributed by atoms with E-state index in [1.54, 1.807) is 17.0 Å². The van der Waals surface area contributed by atoms with Gasteiger partial charge in [-0.1, -0.05) is 17.9 Å². The monoisotopic (exact) mass is 350 g/mol. The first-order valence-corrected chi connectivity index (χ1v) is 8.32. The van der Waals surface area contributed by atoms with E-state index >= 15 is 0 Å². The second-order valence-corrected chi connectivity index (χ2v) is 6.60. The number of fused-ring (bicyclic) bond motifs is 1. The fourth-order valence-corrected chi connectivity index (χ4v) is 3.80. The molecule has 2 heterocycles. The summed E-state index contributed by atoms with van der Waals surface area (Å²) < 4.78 is 0.967. The van der Waals surface area contributed by atoms with Crippen LogP contribution in [-0.2, 0) is 0 Å². The number of anilines is 1. The molecule has 1 aromatic heterocycles. The Morgan fingerprint density at radius 3 is 2.60 bits per heavy atom. The minimum atomic E-state index is -1.01. The SMILES string of the molecule is N=C1C(c2nc3ccccc3s2)=C([O-])CN1c1ccc(C(=O)O)cc1. The van der Waals surface area contributed by atoms with Crippen LogP contribution in [0.2, 0.25) is 0 Å². The van der Waals surface area contributed by atoms with E-state index in [1.807, 2.05) is 24.3 Å². The second kappa shape index (κ2) is 5.71. The van der Waals surface area contributed by atoms with Gasteiger partial charge in [-0.15, -0.1) is 11.3 Å². The van der Waals surface area contributed by atoms with Crippen LogP contribution < -0.4 is 10.0 Å². The quantitative estimate of drug-likeness (QED) is 0.756. The Labute approximate surface area is 146 Å². The van der Waals surface area contributed by atoms with Crippen molar-refractivity contribution in [2.75, 3.05) is 11.4 Å². The van der Waals surface area contributed by atoms with Gasteiger partial charge in [-0.25, -0.2) is 9.78 Å². The van der Waals surface area contributed by atoms with Crippen LogP contribution in [0.3, 0.4) is 0 Å². The standard InChI is InChI=1S/C18H13N3O3S/c19-16-15(17-20-12-3-1-2-4-14(12)25-17)13(22)9-21(16)11-7-5-10(6-8-11)18(23)24/h1-8,19,22H,9H2,(H,23,24)/p-1. The average Bonchev–Trinajstić information content (AvgIpc) is 3.15. The highest BCUT2D eigenvalue weighted by molar-refractivity contribution is 7.19. The van der Waals surface area contributed by atoms with Gasteiger partial charge in [0.05, 0.1) is 15.8 Å². The van der Waals surface area contributed by atoms with Gasteiger partial charge in [0.15, 0.2) is 0 Å². The molecule has 0 atom stereocenters. The summed E-state index contributed by atoms with van der Waals surface area (Å²) in [6.45, 7) is 0.0521. The highest BCUT2D eigenvalue weighted by atomic mass is 32.1. The molecule has 25 heavy (non-hydrogen) atoms. The maximum Gasteiger partial charge on any atom is 0.335 e. The number of hydrogen-bond acceptors (Lipinski definition) is 5. The first-order chi connectivity index (χ1) is 12.0. The first-order valence-electron chi connectivity index (χ1n) is 7.50. The predicted molar refractivity (Wildman–Crippen MR) is 95.0 cm³/mol. The van der Waals surface area contributed by atoms with Crippen molar-refractivity contribution in [1.29, 1.82) is 5.41 Å². The maximum absolute atomic E-state index is 12.5. The topological polar surface area (TPSA) is 100 Å². The summed E-state index contributed by atoms with van der Waals surface area (Å²) >= 11 is 1.39. The van der Waals surface area contributed by atoms with Crippen LogP contribution in [0.25, 0.3) is 15.8 Å². The van der Waals surface area contributed by atoms with Crippen molar-refractivity contribution in [2.24, 2.45) is 0 Å². The van der Waals surface area contributed by atoms with Crippen LogP contribution in [-0.4, -0.2) is 28.4 Å². The summed E-state index contributed by atoms with van der Waals surface area (Å²) in [5, 5.41) is 30.4. The molecule has 0 saturated carbocycles. The number of thiazole rings is 1. The van der Waals surface area contributed by atoms with E-state index < -0.39 is 5.97 Å². The summed E-state index contributed by atoms with van der Waals surface area (Å²) in [5.74, 6) is -1.08. The predicted octanol–water partition coefficient (Wildman–Crippen LogP) is 2.56. The van der Waals surface area contributed by atoms with E-state index in [0.29, 0.717) is 16.3 Å². The molecule has 124 valence electrons. The number of carboxylic acid groups (broad SMARTS) is 1. The molecule has 4 rings (SSSR count). The van der Waals surface area contributed by atoms with Gasteiger partial charge >= 0.3 is 5.97 Å². The number of rotatable bonds is 3. The van der Waals surface area contributed by atoms with Crippen LogP contribution in [0.5, 0.6) is 0 Å². The van der Waals surface area contributed by atoms with Crippen LogP contribution in [0.1, 0.15) is 15.4 Å². The molecule has 3 aromatic rings. The molecule has 1 aliphatic heterocycles. The molecule has 0 unspecified atom stereocenters. The molecule has 6 nitrogen and oxygen atoms in total. The molecule has 2 N–H and O–H groups in total. The van der Waals surface area contributed by atoms with Gasteiger partial charge in [0.25, 0.3) is 0 Å². The van der Waals surface area contributed by atoms with Crippen molar-refractivity contribution in [1.82, 2.24) is 4.98 Å². The number of hydrogen-bond donors (Lipinski definition) is 2. The summed E-state index contributed by atoms with van der Waals surface area (Å²) in [4.78, 5) is 17.0. The lowest BCUT2D eigenvalue weighted by Crippen LogP contribution is -2.27. The highest BCUT2D eigenvalue weighted by Gasteiger charge is 2.27. The molecule has 2 aromatic carbocycles. The molecule has 0 spiro atoms. The largest absolute Gasteiger partial charge is 0.874 e.